The van der Waals surface area contributed by atoms with Gasteiger partial charge in [-0.2, -0.15) is 0 Å². The maximum absolute atomic E-state index is 11.0. The van der Waals surface area contributed by atoms with Crippen molar-refractivity contribution >= 4 is 17.6 Å². The number of aromatic nitrogens is 1. The molecule has 1 heterocycles. The lowest BCUT2D eigenvalue weighted by atomic mass is 10.2. The summed E-state index contributed by atoms with van der Waals surface area (Å²) < 4.78 is 10.6. The molecule has 0 unspecified atom stereocenters. The minimum absolute atomic E-state index is 0.367. The highest BCUT2D eigenvalue weighted by molar-refractivity contribution is 7.09. The number of nitrogens with zero attached hydrogens (tertiary/aromatic N) is 1. The molecule has 0 amide bonds. The monoisotopic (exact) mass is 263 g/mol. The molecule has 5 heteroatoms. The zero-order valence-electron chi connectivity index (χ0n) is 10.2. The first-order chi connectivity index (χ1) is 8.72. The number of rotatable bonds is 5. The van der Waals surface area contributed by atoms with Gasteiger partial charge in [0.15, 0.2) is 6.29 Å². The van der Waals surface area contributed by atoms with E-state index in [-0.39, 0.29) is 0 Å². The number of carbonyl (C=O) groups is 1. The van der Waals surface area contributed by atoms with Crippen molar-refractivity contribution in [3.8, 4) is 11.5 Å². The number of carbonyl (C=O) groups excluding carboxylic acids is 1. The van der Waals surface area contributed by atoms with Crippen molar-refractivity contribution in [2.24, 2.45) is 0 Å². The zero-order chi connectivity index (χ0) is 13.0. The van der Waals surface area contributed by atoms with E-state index >= 15 is 0 Å². The Kier molecular flexibility index (Phi) is 3.94. The largest absolute Gasteiger partial charge is 0.497 e. The summed E-state index contributed by atoms with van der Waals surface area (Å²) in [4.78, 5) is 15.3. The van der Waals surface area contributed by atoms with Crippen molar-refractivity contribution in [2.45, 2.75) is 13.5 Å². The van der Waals surface area contributed by atoms with Crippen molar-refractivity contribution in [3.05, 3.63) is 39.8 Å². The van der Waals surface area contributed by atoms with Crippen molar-refractivity contribution in [1.29, 1.82) is 0 Å². The number of hydrogen-bond donors (Lipinski definition) is 0. The maximum atomic E-state index is 11.0. The molecule has 4 nitrogen and oxygen atoms in total. The van der Waals surface area contributed by atoms with Crippen molar-refractivity contribution in [3.63, 3.8) is 0 Å². The van der Waals surface area contributed by atoms with Crippen molar-refractivity contribution in [1.82, 2.24) is 4.98 Å². The topological polar surface area (TPSA) is 48.4 Å². The summed E-state index contributed by atoms with van der Waals surface area (Å²) >= 11 is 1.54. The van der Waals surface area contributed by atoms with Crippen LogP contribution in [0.25, 0.3) is 0 Å². The molecule has 1 aromatic carbocycles. The Morgan fingerprint density at radius 1 is 1.44 bits per heavy atom. The summed E-state index contributed by atoms with van der Waals surface area (Å²) in [7, 11) is 1.56. The fraction of sp³-hybridized carbons (Fsp3) is 0.231. The first-order valence-electron chi connectivity index (χ1n) is 5.40. The van der Waals surface area contributed by atoms with Gasteiger partial charge in [-0.1, -0.05) is 0 Å². The van der Waals surface area contributed by atoms with Crippen molar-refractivity contribution < 1.29 is 14.3 Å². The van der Waals surface area contributed by atoms with Gasteiger partial charge in [0.25, 0.3) is 0 Å². The minimum Gasteiger partial charge on any atom is -0.497 e. The molecule has 0 aliphatic heterocycles. The molecule has 0 atom stereocenters. The van der Waals surface area contributed by atoms with E-state index in [0.717, 1.165) is 17.0 Å². The molecule has 0 spiro atoms. The number of benzene rings is 1. The summed E-state index contributed by atoms with van der Waals surface area (Å²) in [5.41, 5.74) is 1.45. The predicted octanol–water partition coefficient (Wildman–Crippen LogP) is 2.85. The van der Waals surface area contributed by atoms with Gasteiger partial charge in [-0.3, -0.25) is 4.79 Å². The molecule has 0 saturated heterocycles. The van der Waals surface area contributed by atoms with E-state index < -0.39 is 0 Å². The molecule has 0 aliphatic carbocycles. The highest BCUT2D eigenvalue weighted by atomic mass is 32.1. The van der Waals surface area contributed by atoms with Crippen LogP contribution in [0.2, 0.25) is 0 Å². The van der Waals surface area contributed by atoms with Gasteiger partial charge in [0.2, 0.25) is 0 Å². The lowest BCUT2D eigenvalue weighted by Crippen LogP contribution is -1.98. The molecule has 0 fully saturated rings. The highest BCUT2D eigenvalue weighted by Gasteiger charge is 2.06. The zero-order valence-corrected chi connectivity index (χ0v) is 11.0. The van der Waals surface area contributed by atoms with Crippen LogP contribution in [0.5, 0.6) is 11.5 Å². The van der Waals surface area contributed by atoms with E-state index in [1.165, 1.54) is 0 Å². The smallest absolute Gasteiger partial charge is 0.153 e. The number of ether oxygens (including phenoxy) is 2. The van der Waals surface area contributed by atoms with Gasteiger partial charge in [-0.05, 0) is 25.1 Å². The lowest BCUT2D eigenvalue weighted by Gasteiger charge is -2.08. The van der Waals surface area contributed by atoms with Crippen LogP contribution in [-0.4, -0.2) is 18.4 Å². The van der Waals surface area contributed by atoms with Gasteiger partial charge in [0, 0.05) is 11.1 Å². The van der Waals surface area contributed by atoms with Gasteiger partial charge in [-0.15, -0.1) is 11.3 Å². The Balaban J connectivity index is 2.11. The molecule has 0 bridgehead atoms. The second-order valence-electron chi connectivity index (χ2n) is 3.69. The van der Waals surface area contributed by atoms with Crippen LogP contribution < -0.4 is 9.47 Å². The highest BCUT2D eigenvalue weighted by Crippen LogP contribution is 2.24. The first-order valence-corrected chi connectivity index (χ1v) is 6.28. The SMILES string of the molecule is COc1ccc(OCc2nc(C)cs2)c(C=O)c1. The average molecular weight is 263 g/mol. The number of thiazole rings is 1. The van der Waals surface area contributed by atoms with Crippen LogP contribution in [0.4, 0.5) is 0 Å². The number of hydrogen-bond acceptors (Lipinski definition) is 5. The summed E-state index contributed by atoms with van der Waals surface area (Å²) in [6, 6.07) is 5.13. The number of methoxy groups -OCH3 is 1. The van der Waals surface area contributed by atoms with Gasteiger partial charge >= 0.3 is 0 Å². The summed E-state index contributed by atoms with van der Waals surface area (Å²) in [6.07, 6.45) is 0.755. The summed E-state index contributed by atoms with van der Waals surface area (Å²) in [5.74, 6) is 1.17. The van der Waals surface area contributed by atoms with Gasteiger partial charge < -0.3 is 9.47 Å². The molecular weight excluding hydrogens is 250 g/mol. The Bertz CT molecular complexity index is 551. The molecule has 0 aliphatic rings. The summed E-state index contributed by atoms with van der Waals surface area (Å²) in [5, 5.41) is 2.85. The van der Waals surface area contributed by atoms with Gasteiger partial charge in [-0.25, -0.2) is 4.98 Å². The third-order valence-electron chi connectivity index (χ3n) is 2.36. The van der Waals surface area contributed by atoms with Gasteiger partial charge in [0.1, 0.15) is 23.1 Å². The Morgan fingerprint density at radius 2 is 2.28 bits per heavy atom. The quantitative estimate of drug-likeness (QED) is 0.778. The van der Waals surface area contributed by atoms with Gasteiger partial charge in [0.05, 0.1) is 12.7 Å². The van der Waals surface area contributed by atoms with Crippen LogP contribution in [0.1, 0.15) is 21.1 Å². The first kappa shape index (κ1) is 12.6. The van der Waals surface area contributed by atoms with Crippen LogP contribution in [0.3, 0.4) is 0 Å². The van der Waals surface area contributed by atoms with Crippen LogP contribution >= 0.6 is 11.3 Å². The van der Waals surface area contributed by atoms with E-state index in [1.54, 1.807) is 36.6 Å². The molecular formula is C13H13NO3S. The molecule has 18 heavy (non-hydrogen) atoms. The molecule has 1 aromatic heterocycles. The molecule has 0 radical (unpaired) electrons. The fourth-order valence-electron chi connectivity index (χ4n) is 1.49. The normalized spacial score (nSPS) is 10.1. The standard InChI is InChI=1S/C13H13NO3S/c1-9-8-18-13(14-9)7-17-12-4-3-11(16-2)5-10(12)6-15/h3-6,8H,7H2,1-2H3. The Hall–Kier alpha value is -1.88. The predicted molar refractivity (Wildman–Crippen MR) is 69.6 cm³/mol. The van der Waals surface area contributed by atoms with Crippen molar-refractivity contribution in [2.75, 3.05) is 7.11 Å². The van der Waals surface area contributed by atoms with E-state index in [4.69, 9.17) is 9.47 Å². The molecule has 94 valence electrons. The Labute approximate surface area is 109 Å². The molecule has 2 rings (SSSR count). The maximum Gasteiger partial charge on any atom is 0.153 e. The average Bonchev–Trinajstić information content (AvgIpc) is 2.82. The van der Waals surface area contributed by atoms with Crippen LogP contribution in [-0.2, 0) is 6.61 Å². The van der Waals surface area contributed by atoms with E-state index in [1.807, 2.05) is 12.3 Å². The second-order valence-corrected chi connectivity index (χ2v) is 4.64. The fourth-order valence-corrected chi connectivity index (χ4v) is 2.17. The number of aryl methyl sites for hydroxylation is 1. The molecule has 2 aromatic rings. The second kappa shape index (κ2) is 5.64. The molecule has 0 saturated carbocycles. The van der Waals surface area contributed by atoms with Crippen LogP contribution in [0, 0.1) is 6.92 Å². The lowest BCUT2D eigenvalue weighted by molar-refractivity contribution is 0.111. The van der Waals surface area contributed by atoms with E-state index in [2.05, 4.69) is 4.98 Å². The Morgan fingerprint density at radius 3 is 2.89 bits per heavy atom. The van der Waals surface area contributed by atoms with Crippen LogP contribution in [0.15, 0.2) is 23.6 Å². The molecule has 0 N–H and O–H groups in total. The minimum atomic E-state index is 0.367. The van der Waals surface area contributed by atoms with E-state index in [0.29, 0.717) is 23.7 Å². The summed E-state index contributed by atoms with van der Waals surface area (Å²) in [6.45, 7) is 2.30. The number of aldehydes is 1. The third-order valence-corrected chi connectivity index (χ3v) is 3.30. The van der Waals surface area contributed by atoms with E-state index in [9.17, 15) is 4.79 Å². The third kappa shape index (κ3) is 2.87.